The number of aromatic nitrogens is 2. The zero-order chi connectivity index (χ0) is 17.1. The highest BCUT2D eigenvalue weighted by molar-refractivity contribution is 7.13. The van der Waals surface area contributed by atoms with Crippen LogP contribution in [0.25, 0.3) is 10.6 Å². The van der Waals surface area contributed by atoms with Crippen LogP contribution in [-0.2, 0) is 4.79 Å². The van der Waals surface area contributed by atoms with Crippen LogP contribution < -0.4 is 5.32 Å². The number of nitrogens with zero attached hydrogens (tertiary/aromatic N) is 1. The fraction of sp³-hybridized carbons (Fsp3) is 0.0625. The number of aromatic amines is 1. The molecule has 0 radical (unpaired) electrons. The van der Waals surface area contributed by atoms with Gasteiger partial charge in [-0.25, -0.2) is 4.79 Å². The first-order valence-electron chi connectivity index (χ1n) is 6.93. The van der Waals surface area contributed by atoms with Gasteiger partial charge < -0.3 is 10.4 Å². The van der Waals surface area contributed by atoms with Gasteiger partial charge in [0, 0.05) is 10.6 Å². The van der Waals surface area contributed by atoms with E-state index < -0.39 is 17.9 Å². The zero-order valence-electron chi connectivity index (χ0n) is 12.2. The number of H-pyrrole nitrogens is 1. The van der Waals surface area contributed by atoms with Crippen molar-refractivity contribution in [2.45, 2.75) is 6.04 Å². The fourth-order valence-electron chi connectivity index (χ4n) is 2.18. The molecule has 6 nitrogen and oxygen atoms in total. The molecule has 0 aliphatic heterocycles. The molecule has 0 bridgehead atoms. The van der Waals surface area contributed by atoms with Gasteiger partial charge >= 0.3 is 5.97 Å². The Hall–Kier alpha value is -2.64. The second-order valence-corrected chi connectivity index (χ2v) is 6.27. The molecule has 0 spiro atoms. The molecule has 0 fully saturated rings. The highest BCUT2D eigenvalue weighted by atomic mass is 35.5. The number of benzene rings is 1. The van der Waals surface area contributed by atoms with Crippen molar-refractivity contribution in [2.24, 2.45) is 0 Å². The summed E-state index contributed by atoms with van der Waals surface area (Å²) in [4.78, 5) is 24.8. The van der Waals surface area contributed by atoms with Crippen LogP contribution in [0.4, 0.5) is 0 Å². The number of aliphatic carboxylic acids is 1. The van der Waals surface area contributed by atoms with E-state index in [1.807, 2.05) is 17.5 Å². The van der Waals surface area contributed by atoms with Gasteiger partial charge in [0.05, 0.1) is 10.6 Å². The molecular formula is C16H12ClN3O3S. The molecule has 0 unspecified atom stereocenters. The summed E-state index contributed by atoms with van der Waals surface area (Å²) >= 11 is 7.53. The Morgan fingerprint density at radius 3 is 2.71 bits per heavy atom. The largest absolute Gasteiger partial charge is 0.479 e. The Morgan fingerprint density at radius 2 is 2.04 bits per heavy atom. The number of nitrogens with one attached hydrogen (secondary N) is 2. The minimum atomic E-state index is -1.26. The Bertz CT molecular complexity index is 876. The zero-order valence-corrected chi connectivity index (χ0v) is 13.8. The first kappa shape index (κ1) is 16.2. The number of rotatable bonds is 5. The molecule has 1 atom stereocenters. The van der Waals surface area contributed by atoms with E-state index in [-0.39, 0.29) is 10.7 Å². The summed E-state index contributed by atoms with van der Waals surface area (Å²) in [5.74, 6) is -1.80. The molecule has 0 aliphatic carbocycles. The van der Waals surface area contributed by atoms with Crippen LogP contribution in [0.15, 0.2) is 47.8 Å². The Balaban J connectivity index is 1.82. The number of amides is 1. The molecule has 24 heavy (non-hydrogen) atoms. The van der Waals surface area contributed by atoms with Gasteiger partial charge in [-0.15, -0.1) is 11.3 Å². The van der Waals surface area contributed by atoms with Crippen molar-refractivity contribution < 1.29 is 14.7 Å². The second-order valence-electron chi connectivity index (χ2n) is 4.91. The molecule has 1 aromatic carbocycles. The third-order valence-corrected chi connectivity index (χ3v) is 4.58. The lowest BCUT2D eigenvalue weighted by Crippen LogP contribution is -2.34. The van der Waals surface area contributed by atoms with E-state index in [4.69, 9.17) is 11.6 Å². The number of halogens is 1. The van der Waals surface area contributed by atoms with Crippen molar-refractivity contribution >= 4 is 34.8 Å². The van der Waals surface area contributed by atoms with Crippen molar-refractivity contribution in [3.8, 4) is 10.6 Å². The number of hydrogen-bond donors (Lipinski definition) is 3. The van der Waals surface area contributed by atoms with E-state index in [1.165, 1.54) is 11.3 Å². The van der Waals surface area contributed by atoms with Gasteiger partial charge in [0.15, 0.2) is 11.7 Å². The summed E-state index contributed by atoms with van der Waals surface area (Å²) in [5.41, 5.74) is 1.12. The van der Waals surface area contributed by atoms with Crippen LogP contribution in [-0.4, -0.2) is 27.2 Å². The number of hydrogen-bond acceptors (Lipinski definition) is 4. The molecule has 0 saturated heterocycles. The normalized spacial score (nSPS) is 11.9. The summed E-state index contributed by atoms with van der Waals surface area (Å²) in [6.45, 7) is 0. The van der Waals surface area contributed by atoms with E-state index in [9.17, 15) is 14.7 Å². The predicted molar refractivity (Wildman–Crippen MR) is 91.2 cm³/mol. The van der Waals surface area contributed by atoms with E-state index >= 15 is 0 Å². The van der Waals surface area contributed by atoms with Crippen molar-refractivity contribution in [3.63, 3.8) is 0 Å². The van der Waals surface area contributed by atoms with E-state index in [0.717, 1.165) is 4.88 Å². The van der Waals surface area contributed by atoms with Crippen LogP contribution in [0.1, 0.15) is 22.1 Å². The molecule has 122 valence electrons. The number of carboxylic acid groups (broad SMARTS) is 1. The second kappa shape index (κ2) is 6.86. The highest BCUT2D eigenvalue weighted by Crippen LogP contribution is 2.25. The molecule has 3 N–H and O–H groups in total. The fourth-order valence-corrected chi connectivity index (χ4v) is 3.12. The van der Waals surface area contributed by atoms with Crippen LogP contribution in [0.5, 0.6) is 0 Å². The van der Waals surface area contributed by atoms with Gasteiger partial charge in [0.2, 0.25) is 0 Å². The third kappa shape index (κ3) is 3.32. The topological polar surface area (TPSA) is 95.1 Å². The molecule has 0 aliphatic rings. The first-order chi connectivity index (χ1) is 11.6. The number of thiophene rings is 1. The van der Waals surface area contributed by atoms with Crippen molar-refractivity contribution in [1.29, 1.82) is 0 Å². The average molecular weight is 362 g/mol. The van der Waals surface area contributed by atoms with E-state index in [2.05, 4.69) is 15.5 Å². The molecular weight excluding hydrogens is 350 g/mol. The molecule has 2 aromatic heterocycles. The summed E-state index contributed by atoms with van der Waals surface area (Å²) in [5, 5.41) is 20.7. The van der Waals surface area contributed by atoms with Crippen molar-refractivity contribution in [1.82, 2.24) is 15.5 Å². The molecule has 3 rings (SSSR count). The van der Waals surface area contributed by atoms with Crippen LogP contribution in [0.2, 0.25) is 5.02 Å². The summed E-state index contributed by atoms with van der Waals surface area (Å²) in [6.07, 6.45) is 0. The minimum absolute atomic E-state index is 0.108. The molecule has 8 heteroatoms. The van der Waals surface area contributed by atoms with Gasteiger partial charge in [0.1, 0.15) is 0 Å². The lowest BCUT2D eigenvalue weighted by molar-refractivity contribution is -0.139. The van der Waals surface area contributed by atoms with Crippen LogP contribution in [0.3, 0.4) is 0 Å². The molecule has 3 aromatic rings. The number of carboxylic acids is 1. The number of carbonyl (C=O) groups is 2. The van der Waals surface area contributed by atoms with Crippen LogP contribution in [0, 0.1) is 0 Å². The summed E-state index contributed by atoms with van der Waals surface area (Å²) in [7, 11) is 0. The molecule has 2 heterocycles. The maximum atomic E-state index is 12.3. The standard InChI is InChI=1S/C16H12ClN3O3S/c17-10-5-2-1-4-9(10)14(16(22)23)18-15(21)12-8-11(19-20-12)13-6-3-7-24-13/h1-8,14H,(H,18,21)(H,19,20)(H,22,23)/t14-/m0/s1. The summed E-state index contributed by atoms with van der Waals surface area (Å²) in [6, 6.07) is 10.6. The van der Waals surface area contributed by atoms with Crippen molar-refractivity contribution in [3.05, 3.63) is 64.1 Å². The van der Waals surface area contributed by atoms with E-state index in [1.54, 1.807) is 30.3 Å². The van der Waals surface area contributed by atoms with Gasteiger partial charge in [-0.1, -0.05) is 35.9 Å². The van der Waals surface area contributed by atoms with Gasteiger partial charge in [-0.3, -0.25) is 9.89 Å². The Labute approximate surface area is 146 Å². The first-order valence-corrected chi connectivity index (χ1v) is 8.19. The minimum Gasteiger partial charge on any atom is -0.479 e. The quantitative estimate of drug-likeness (QED) is 0.649. The Morgan fingerprint density at radius 1 is 1.25 bits per heavy atom. The van der Waals surface area contributed by atoms with Crippen molar-refractivity contribution in [2.75, 3.05) is 0 Å². The monoisotopic (exact) mass is 361 g/mol. The van der Waals surface area contributed by atoms with Gasteiger partial charge in [-0.2, -0.15) is 5.10 Å². The third-order valence-electron chi connectivity index (χ3n) is 3.34. The smallest absolute Gasteiger partial charge is 0.330 e. The summed E-state index contributed by atoms with van der Waals surface area (Å²) < 4.78 is 0. The number of carbonyl (C=O) groups excluding carboxylic acids is 1. The maximum absolute atomic E-state index is 12.3. The predicted octanol–water partition coefficient (Wildman–Crippen LogP) is 3.35. The Kier molecular flexibility index (Phi) is 4.64. The lowest BCUT2D eigenvalue weighted by atomic mass is 10.1. The van der Waals surface area contributed by atoms with Gasteiger partial charge in [-0.05, 0) is 23.6 Å². The van der Waals surface area contributed by atoms with E-state index in [0.29, 0.717) is 11.3 Å². The average Bonchev–Trinajstić information content (AvgIpc) is 3.23. The highest BCUT2D eigenvalue weighted by Gasteiger charge is 2.25. The molecule has 1 amide bonds. The van der Waals surface area contributed by atoms with Gasteiger partial charge in [0.25, 0.3) is 5.91 Å². The maximum Gasteiger partial charge on any atom is 0.330 e. The molecule has 0 saturated carbocycles. The van der Waals surface area contributed by atoms with Crippen LogP contribution >= 0.6 is 22.9 Å². The lowest BCUT2D eigenvalue weighted by Gasteiger charge is -2.15. The SMILES string of the molecule is O=C(N[C@H](C(=O)O)c1ccccc1Cl)c1cc(-c2cccs2)[nH]n1.